The molecule has 0 spiro atoms. The second kappa shape index (κ2) is 7.62. The minimum atomic E-state index is 0.00453. The maximum atomic E-state index is 11.6. The summed E-state index contributed by atoms with van der Waals surface area (Å²) >= 11 is 1.53. The van der Waals surface area contributed by atoms with E-state index in [2.05, 4.69) is 5.32 Å². The molecule has 0 radical (unpaired) electrons. The highest BCUT2D eigenvalue weighted by Crippen LogP contribution is 2.19. The van der Waals surface area contributed by atoms with Gasteiger partial charge in [-0.15, -0.1) is 0 Å². The fourth-order valence-corrected chi connectivity index (χ4v) is 2.91. The van der Waals surface area contributed by atoms with Gasteiger partial charge in [-0.3, -0.25) is 4.79 Å². The maximum Gasteiger partial charge on any atom is 0.252 e. The largest absolute Gasteiger partial charge is 0.378 e. The Balaban J connectivity index is 1.51. The molecule has 2 rings (SSSR count). The van der Waals surface area contributed by atoms with Crippen LogP contribution in [0.2, 0.25) is 0 Å². The van der Waals surface area contributed by atoms with E-state index in [1.165, 1.54) is 11.3 Å². The number of ether oxygens (including phenoxy) is 1. The van der Waals surface area contributed by atoms with Crippen LogP contribution in [0.25, 0.3) is 0 Å². The molecule has 1 fully saturated rings. The summed E-state index contributed by atoms with van der Waals surface area (Å²) in [5, 5.41) is 6.66. The predicted octanol–water partition coefficient (Wildman–Crippen LogP) is 2.15. The van der Waals surface area contributed by atoms with E-state index in [1.54, 1.807) is 0 Å². The normalized spacial score (nSPS) is 23.2. The molecule has 1 aromatic heterocycles. The van der Waals surface area contributed by atoms with Crippen LogP contribution in [0.15, 0.2) is 16.8 Å². The molecule has 1 saturated carbocycles. The molecule has 0 atom stereocenters. The molecule has 1 aliphatic rings. The second-order valence-electron chi connectivity index (χ2n) is 5.03. The highest BCUT2D eigenvalue weighted by Gasteiger charge is 2.18. The van der Waals surface area contributed by atoms with Crippen molar-refractivity contribution in [3.63, 3.8) is 0 Å². The van der Waals surface area contributed by atoms with Gasteiger partial charge in [-0.05, 0) is 43.6 Å². The van der Waals surface area contributed by atoms with Crippen LogP contribution in [0.1, 0.15) is 42.5 Å². The lowest BCUT2D eigenvalue weighted by molar-refractivity contribution is 0.0241. The molecular weight excluding hydrogens is 260 g/mol. The monoisotopic (exact) mass is 282 g/mol. The molecule has 0 bridgehead atoms. The van der Waals surface area contributed by atoms with Gasteiger partial charge >= 0.3 is 0 Å². The molecular formula is C14H22N2O2S. The summed E-state index contributed by atoms with van der Waals surface area (Å²) in [7, 11) is 0. The van der Waals surface area contributed by atoms with E-state index in [-0.39, 0.29) is 5.91 Å². The maximum absolute atomic E-state index is 11.6. The van der Waals surface area contributed by atoms with Gasteiger partial charge in [0.2, 0.25) is 0 Å². The van der Waals surface area contributed by atoms with Crippen LogP contribution < -0.4 is 11.1 Å². The summed E-state index contributed by atoms with van der Waals surface area (Å²) in [5.41, 5.74) is 6.59. The number of hydrogen-bond donors (Lipinski definition) is 2. The fourth-order valence-electron chi connectivity index (χ4n) is 2.28. The number of carbonyl (C=O) groups is 1. The zero-order valence-electron chi connectivity index (χ0n) is 11.1. The van der Waals surface area contributed by atoms with Crippen LogP contribution in [-0.4, -0.2) is 31.2 Å². The Morgan fingerprint density at radius 2 is 2.21 bits per heavy atom. The van der Waals surface area contributed by atoms with Crippen molar-refractivity contribution >= 4 is 17.2 Å². The van der Waals surface area contributed by atoms with E-state index in [1.807, 2.05) is 16.8 Å². The lowest BCUT2D eigenvalue weighted by Crippen LogP contribution is -2.31. The number of carbonyl (C=O) groups excluding carboxylic acids is 1. The number of nitrogens with one attached hydrogen (secondary N) is 1. The summed E-state index contributed by atoms with van der Waals surface area (Å²) in [6.07, 6.45) is 5.51. The molecule has 4 nitrogen and oxygen atoms in total. The Morgan fingerprint density at radius 1 is 1.42 bits per heavy atom. The van der Waals surface area contributed by atoms with Crippen LogP contribution in [0.3, 0.4) is 0 Å². The third-order valence-corrected chi connectivity index (χ3v) is 4.15. The van der Waals surface area contributed by atoms with E-state index in [9.17, 15) is 4.79 Å². The van der Waals surface area contributed by atoms with Crippen LogP contribution in [-0.2, 0) is 4.74 Å². The van der Waals surface area contributed by atoms with Gasteiger partial charge in [-0.2, -0.15) is 11.3 Å². The van der Waals surface area contributed by atoms with E-state index >= 15 is 0 Å². The Kier molecular flexibility index (Phi) is 5.82. The van der Waals surface area contributed by atoms with Crippen molar-refractivity contribution in [1.29, 1.82) is 0 Å². The molecule has 1 aliphatic carbocycles. The third kappa shape index (κ3) is 4.93. The third-order valence-electron chi connectivity index (χ3n) is 3.46. The zero-order chi connectivity index (χ0) is 13.5. The summed E-state index contributed by atoms with van der Waals surface area (Å²) in [6.45, 7) is 1.38. The number of rotatable bonds is 6. The Bertz CT molecular complexity index is 373. The summed E-state index contributed by atoms with van der Waals surface area (Å²) < 4.78 is 5.80. The molecule has 1 heterocycles. The Hall–Kier alpha value is -0.910. The first-order valence-electron chi connectivity index (χ1n) is 6.93. The van der Waals surface area contributed by atoms with Gasteiger partial charge < -0.3 is 15.8 Å². The predicted molar refractivity (Wildman–Crippen MR) is 77.5 cm³/mol. The fraction of sp³-hybridized carbons (Fsp3) is 0.643. The second-order valence-corrected chi connectivity index (χ2v) is 5.81. The van der Waals surface area contributed by atoms with Gasteiger partial charge in [-0.25, -0.2) is 0 Å². The number of amides is 1. The molecule has 0 aliphatic heterocycles. The average molecular weight is 282 g/mol. The molecule has 3 N–H and O–H groups in total. The quantitative estimate of drug-likeness (QED) is 0.786. The Morgan fingerprint density at radius 3 is 2.89 bits per heavy atom. The van der Waals surface area contributed by atoms with Gasteiger partial charge in [-0.1, -0.05) is 0 Å². The van der Waals surface area contributed by atoms with Crippen molar-refractivity contribution < 1.29 is 9.53 Å². The first-order chi connectivity index (χ1) is 9.25. The molecule has 106 valence electrons. The molecule has 5 heteroatoms. The van der Waals surface area contributed by atoms with Gasteiger partial charge in [0.25, 0.3) is 5.91 Å². The van der Waals surface area contributed by atoms with Gasteiger partial charge in [0.05, 0.1) is 6.10 Å². The van der Waals surface area contributed by atoms with Crippen molar-refractivity contribution in [3.05, 3.63) is 22.4 Å². The van der Waals surface area contributed by atoms with Crippen LogP contribution in [0.5, 0.6) is 0 Å². The van der Waals surface area contributed by atoms with E-state index < -0.39 is 0 Å². The van der Waals surface area contributed by atoms with Crippen molar-refractivity contribution in [1.82, 2.24) is 5.32 Å². The van der Waals surface area contributed by atoms with Gasteiger partial charge in [0.15, 0.2) is 0 Å². The van der Waals surface area contributed by atoms with Gasteiger partial charge in [0, 0.05) is 30.1 Å². The lowest BCUT2D eigenvalue weighted by atomic mass is 9.94. The topological polar surface area (TPSA) is 64.3 Å². The minimum Gasteiger partial charge on any atom is -0.378 e. The molecule has 1 aromatic rings. The zero-order valence-corrected chi connectivity index (χ0v) is 12.0. The summed E-state index contributed by atoms with van der Waals surface area (Å²) in [6, 6.07) is 2.20. The van der Waals surface area contributed by atoms with Crippen molar-refractivity contribution in [2.75, 3.05) is 13.2 Å². The molecule has 1 amide bonds. The molecule has 19 heavy (non-hydrogen) atoms. The number of hydrogen-bond acceptors (Lipinski definition) is 4. The highest BCUT2D eigenvalue weighted by molar-refractivity contribution is 7.08. The summed E-state index contributed by atoms with van der Waals surface area (Å²) in [5.74, 6) is 0.00453. The SMILES string of the molecule is NC1CCC(OCCCNC(=O)c2ccsc2)CC1. The van der Waals surface area contributed by atoms with Gasteiger partial charge in [0.1, 0.15) is 0 Å². The first kappa shape index (κ1) is 14.5. The number of thiophene rings is 1. The smallest absolute Gasteiger partial charge is 0.252 e. The van der Waals surface area contributed by atoms with E-state index in [0.29, 0.717) is 25.3 Å². The van der Waals surface area contributed by atoms with E-state index in [4.69, 9.17) is 10.5 Å². The van der Waals surface area contributed by atoms with Crippen LogP contribution in [0, 0.1) is 0 Å². The van der Waals surface area contributed by atoms with Crippen LogP contribution in [0.4, 0.5) is 0 Å². The standard InChI is InChI=1S/C14H22N2O2S/c15-12-2-4-13(5-3-12)18-8-1-7-16-14(17)11-6-9-19-10-11/h6,9-10,12-13H,1-5,7-8,15H2,(H,16,17). The Labute approximate surface area is 118 Å². The minimum absolute atomic E-state index is 0.00453. The van der Waals surface area contributed by atoms with Crippen molar-refractivity contribution in [2.24, 2.45) is 5.73 Å². The number of nitrogens with two attached hydrogens (primary N) is 1. The van der Waals surface area contributed by atoms with Crippen LogP contribution >= 0.6 is 11.3 Å². The first-order valence-corrected chi connectivity index (χ1v) is 7.87. The van der Waals surface area contributed by atoms with E-state index in [0.717, 1.165) is 37.7 Å². The highest BCUT2D eigenvalue weighted by atomic mass is 32.1. The summed E-state index contributed by atoms with van der Waals surface area (Å²) in [4.78, 5) is 11.6. The van der Waals surface area contributed by atoms with Crippen molar-refractivity contribution in [2.45, 2.75) is 44.2 Å². The lowest BCUT2D eigenvalue weighted by Gasteiger charge is -2.26. The van der Waals surface area contributed by atoms with Crippen molar-refractivity contribution in [3.8, 4) is 0 Å². The molecule has 0 aromatic carbocycles. The molecule has 0 unspecified atom stereocenters. The average Bonchev–Trinajstić information content (AvgIpc) is 2.94. The molecule has 0 saturated heterocycles.